The molecule has 1 aromatic carbocycles. The van der Waals surface area contributed by atoms with Gasteiger partial charge >= 0.3 is 0 Å². The van der Waals surface area contributed by atoms with Gasteiger partial charge in [-0.1, -0.05) is 30.3 Å². The second kappa shape index (κ2) is 5.65. The molecule has 2 aromatic rings. The molecule has 3 rings (SSSR count). The van der Waals surface area contributed by atoms with E-state index in [2.05, 4.69) is 10.2 Å². The van der Waals surface area contributed by atoms with E-state index in [4.69, 9.17) is 5.73 Å². The molecule has 0 bridgehead atoms. The van der Waals surface area contributed by atoms with Crippen molar-refractivity contribution in [3.63, 3.8) is 0 Å². The van der Waals surface area contributed by atoms with Crippen LogP contribution in [0.5, 0.6) is 0 Å². The van der Waals surface area contributed by atoms with Crippen LogP contribution in [0.3, 0.4) is 0 Å². The van der Waals surface area contributed by atoms with Gasteiger partial charge in [-0.15, -0.1) is 10.2 Å². The lowest BCUT2D eigenvalue weighted by Gasteiger charge is -2.32. The molecule has 0 aliphatic carbocycles. The molecular formula is C15H19N5O. The molecule has 21 heavy (non-hydrogen) atoms. The van der Waals surface area contributed by atoms with Gasteiger partial charge in [0.25, 0.3) is 0 Å². The number of carbonyl (C=O) groups is 1. The number of hydrogen-bond donors (Lipinski definition) is 1. The van der Waals surface area contributed by atoms with Crippen LogP contribution >= 0.6 is 0 Å². The zero-order chi connectivity index (χ0) is 14.8. The van der Waals surface area contributed by atoms with Gasteiger partial charge in [-0.2, -0.15) is 0 Å². The quantitative estimate of drug-likeness (QED) is 0.904. The molecule has 1 aromatic heterocycles. The van der Waals surface area contributed by atoms with Crippen LogP contribution in [-0.4, -0.2) is 32.1 Å². The number of benzene rings is 1. The van der Waals surface area contributed by atoms with Crippen LogP contribution in [0.25, 0.3) is 0 Å². The first-order valence-electron chi connectivity index (χ1n) is 7.16. The van der Waals surface area contributed by atoms with Crippen molar-refractivity contribution in [2.24, 2.45) is 5.73 Å². The summed E-state index contributed by atoms with van der Waals surface area (Å²) in [5.74, 6) is 1.73. The molecule has 110 valence electrons. The second-order valence-electron chi connectivity index (χ2n) is 5.30. The Morgan fingerprint density at radius 3 is 2.76 bits per heavy atom. The molecule has 1 amide bonds. The van der Waals surface area contributed by atoms with Gasteiger partial charge in [-0.05, 0) is 19.0 Å². The Morgan fingerprint density at radius 1 is 1.29 bits per heavy atom. The van der Waals surface area contributed by atoms with Crippen molar-refractivity contribution in [1.82, 2.24) is 19.7 Å². The van der Waals surface area contributed by atoms with Gasteiger partial charge in [0, 0.05) is 13.0 Å². The fraction of sp³-hybridized carbons (Fsp3) is 0.400. The molecule has 0 unspecified atom stereocenters. The molecule has 0 saturated heterocycles. The van der Waals surface area contributed by atoms with Crippen LogP contribution in [0.4, 0.5) is 0 Å². The van der Waals surface area contributed by atoms with Crippen molar-refractivity contribution in [2.45, 2.75) is 32.5 Å². The molecule has 6 nitrogen and oxygen atoms in total. The lowest BCUT2D eigenvalue weighted by Crippen LogP contribution is -2.41. The highest BCUT2D eigenvalue weighted by molar-refractivity contribution is 5.81. The maximum Gasteiger partial charge on any atom is 0.246 e. The molecule has 6 heteroatoms. The molecule has 0 radical (unpaired) electrons. The largest absolute Gasteiger partial charge is 0.330 e. The number of aromatic nitrogens is 3. The van der Waals surface area contributed by atoms with Gasteiger partial charge in [0.15, 0.2) is 5.82 Å². The standard InChI is InChI=1S/C15H19N5O/c1-11-15(21)19(9-12-5-3-2-4-6-12)10-14-18-17-13(7-8-16)20(11)14/h2-6,11H,7-10,16H2,1H3/t11-/m1/s1. The Morgan fingerprint density at radius 2 is 2.05 bits per heavy atom. The number of nitrogens with zero attached hydrogens (tertiary/aromatic N) is 4. The molecule has 1 atom stereocenters. The van der Waals surface area contributed by atoms with Crippen molar-refractivity contribution in [3.8, 4) is 0 Å². The molecule has 2 N–H and O–H groups in total. The Balaban J connectivity index is 1.85. The van der Waals surface area contributed by atoms with E-state index in [1.54, 1.807) is 0 Å². The minimum Gasteiger partial charge on any atom is -0.330 e. The number of rotatable bonds is 4. The van der Waals surface area contributed by atoms with E-state index >= 15 is 0 Å². The van der Waals surface area contributed by atoms with Crippen LogP contribution in [0.2, 0.25) is 0 Å². The Labute approximate surface area is 123 Å². The summed E-state index contributed by atoms with van der Waals surface area (Å²) in [7, 11) is 0. The SMILES string of the molecule is C[C@@H]1C(=O)N(Cc2ccccc2)Cc2nnc(CCN)n21. The molecule has 0 saturated carbocycles. The molecule has 1 aliphatic rings. The molecule has 1 aliphatic heterocycles. The maximum atomic E-state index is 12.6. The van der Waals surface area contributed by atoms with Gasteiger partial charge in [0.2, 0.25) is 5.91 Å². The van der Waals surface area contributed by atoms with E-state index in [0.717, 1.165) is 17.2 Å². The lowest BCUT2D eigenvalue weighted by molar-refractivity contribution is -0.137. The fourth-order valence-corrected chi connectivity index (χ4v) is 2.78. The summed E-state index contributed by atoms with van der Waals surface area (Å²) in [5, 5.41) is 8.38. The zero-order valence-electron chi connectivity index (χ0n) is 12.1. The van der Waals surface area contributed by atoms with Gasteiger partial charge in [0.1, 0.15) is 11.9 Å². The summed E-state index contributed by atoms with van der Waals surface area (Å²) in [6.07, 6.45) is 0.642. The van der Waals surface area contributed by atoms with Crippen molar-refractivity contribution >= 4 is 5.91 Å². The van der Waals surface area contributed by atoms with Gasteiger partial charge in [0.05, 0.1) is 6.54 Å². The third-order valence-electron chi connectivity index (χ3n) is 3.81. The van der Waals surface area contributed by atoms with E-state index in [0.29, 0.717) is 26.1 Å². The molecular weight excluding hydrogens is 266 g/mol. The number of amides is 1. The summed E-state index contributed by atoms with van der Waals surface area (Å²) < 4.78 is 1.93. The van der Waals surface area contributed by atoms with E-state index in [1.807, 2.05) is 46.7 Å². The normalized spacial score (nSPS) is 17.9. The highest BCUT2D eigenvalue weighted by atomic mass is 16.2. The topological polar surface area (TPSA) is 77.0 Å². The van der Waals surface area contributed by atoms with Crippen molar-refractivity contribution in [1.29, 1.82) is 0 Å². The number of carbonyl (C=O) groups excluding carboxylic acids is 1. The fourth-order valence-electron chi connectivity index (χ4n) is 2.78. The van der Waals surface area contributed by atoms with Crippen LogP contribution in [0.15, 0.2) is 30.3 Å². The highest BCUT2D eigenvalue weighted by Crippen LogP contribution is 2.24. The summed E-state index contributed by atoms with van der Waals surface area (Å²) in [6.45, 7) is 3.50. The van der Waals surface area contributed by atoms with E-state index in [9.17, 15) is 4.79 Å². The van der Waals surface area contributed by atoms with Crippen LogP contribution in [0, 0.1) is 0 Å². The Kier molecular flexibility index (Phi) is 3.70. The summed E-state index contributed by atoms with van der Waals surface area (Å²) in [6, 6.07) is 9.71. The van der Waals surface area contributed by atoms with Gasteiger partial charge < -0.3 is 15.2 Å². The monoisotopic (exact) mass is 285 g/mol. The summed E-state index contributed by atoms with van der Waals surface area (Å²) >= 11 is 0. The first-order chi connectivity index (χ1) is 10.2. The predicted octanol–water partition coefficient (Wildman–Crippen LogP) is 0.883. The summed E-state index contributed by atoms with van der Waals surface area (Å²) in [4.78, 5) is 14.4. The van der Waals surface area contributed by atoms with E-state index in [1.165, 1.54) is 0 Å². The van der Waals surface area contributed by atoms with Gasteiger partial charge in [-0.25, -0.2) is 0 Å². The maximum absolute atomic E-state index is 12.6. The average molecular weight is 285 g/mol. The van der Waals surface area contributed by atoms with E-state index in [-0.39, 0.29) is 11.9 Å². The smallest absolute Gasteiger partial charge is 0.246 e. The Bertz CT molecular complexity index is 637. The average Bonchev–Trinajstić information content (AvgIpc) is 2.89. The third kappa shape index (κ3) is 2.54. The van der Waals surface area contributed by atoms with Crippen molar-refractivity contribution in [3.05, 3.63) is 47.5 Å². The minimum atomic E-state index is -0.269. The molecule has 2 heterocycles. The number of fused-ring (bicyclic) bond motifs is 1. The zero-order valence-corrected chi connectivity index (χ0v) is 12.1. The van der Waals surface area contributed by atoms with Crippen LogP contribution in [0.1, 0.15) is 30.2 Å². The molecule has 0 spiro atoms. The van der Waals surface area contributed by atoms with Gasteiger partial charge in [-0.3, -0.25) is 4.79 Å². The predicted molar refractivity (Wildman–Crippen MR) is 78.2 cm³/mol. The number of nitrogens with two attached hydrogens (primary N) is 1. The van der Waals surface area contributed by atoms with Crippen molar-refractivity contribution < 1.29 is 4.79 Å². The highest BCUT2D eigenvalue weighted by Gasteiger charge is 2.32. The first kappa shape index (κ1) is 13.8. The number of hydrogen-bond acceptors (Lipinski definition) is 4. The molecule has 0 fully saturated rings. The second-order valence-corrected chi connectivity index (χ2v) is 5.30. The van der Waals surface area contributed by atoms with Crippen LogP contribution in [-0.2, 0) is 24.3 Å². The van der Waals surface area contributed by atoms with E-state index < -0.39 is 0 Å². The first-order valence-corrected chi connectivity index (χ1v) is 7.16. The van der Waals surface area contributed by atoms with Crippen LogP contribution < -0.4 is 5.73 Å². The summed E-state index contributed by atoms with van der Waals surface area (Å²) in [5.41, 5.74) is 6.70. The van der Waals surface area contributed by atoms with Crippen molar-refractivity contribution in [2.75, 3.05) is 6.54 Å². The lowest BCUT2D eigenvalue weighted by atomic mass is 10.1. The third-order valence-corrected chi connectivity index (χ3v) is 3.81. The Hall–Kier alpha value is -2.21. The minimum absolute atomic E-state index is 0.101.